The maximum atomic E-state index is 11.5. The molecule has 0 aliphatic carbocycles. The number of rotatable bonds is 8. The largest absolute Gasteiger partial charge is 0.365 e. The fraction of sp³-hybridized carbons (Fsp3) is 0.364. The summed E-state index contributed by atoms with van der Waals surface area (Å²) < 4.78 is 0. The highest BCUT2D eigenvalue weighted by Gasteiger charge is 2.34. The molecule has 0 radical (unpaired) electrons. The van der Waals surface area contributed by atoms with Gasteiger partial charge in [-0.2, -0.15) is 0 Å². The number of carbonyl (C=O) groups is 1. The fourth-order valence-corrected chi connectivity index (χ4v) is 2.82. The summed E-state index contributed by atoms with van der Waals surface area (Å²) in [5.74, 6) is -1.21. The van der Waals surface area contributed by atoms with E-state index in [9.17, 15) is 25.0 Å². The lowest BCUT2D eigenvalue weighted by Crippen LogP contribution is -2.29. The highest BCUT2D eigenvalue weighted by atomic mass is 79.9. The lowest BCUT2D eigenvalue weighted by molar-refractivity contribution is -0.394. The molecule has 0 saturated carbocycles. The molecule has 1 rings (SSSR count). The van der Waals surface area contributed by atoms with Crippen LogP contribution in [0.4, 0.5) is 17.1 Å². The van der Waals surface area contributed by atoms with Gasteiger partial charge < -0.3 is 10.6 Å². The number of primary amides is 1. The van der Waals surface area contributed by atoms with Gasteiger partial charge in [0.2, 0.25) is 0 Å². The molecule has 1 aromatic carbocycles. The molecule has 0 heterocycles. The summed E-state index contributed by atoms with van der Waals surface area (Å²) in [6.45, 7) is 0.838. The Bertz CT molecular complexity index is 604. The second kappa shape index (κ2) is 8.03. The minimum atomic E-state index is -1.21. The van der Waals surface area contributed by atoms with E-state index in [0.29, 0.717) is 23.7 Å². The van der Waals surface area contributed by atoms with E-state index in [0.717, 1.165) is 6.07 Å². The third kappa shape index (κ3) is 3.91. The van der Waals surface area contributed by atoms with Crippen molar-refractivity contribution < 1.29 is 14.6 Å². The number of nitrogens with zero attached hydrogens (tertiary/aromatic N) is 3. The molecular formula is C11H12Br2N4O5. The SMILES string of the molecule is NC(=O)c1c([N+](=O)[O-])ccc(N(CCBr)CCBr)c1[N+](=O)[O-]. The van der Waals surface area contributed by atoms with E-state index >= 15 is 0 Å². The summed E-state index contributed by atoms with van der Waals surface area (Å²) in [5.41, 5.74) is 3.21. The quantitative estimate of drug-likeness (QED) is 0.375. The van der Waals surface area contributed by atoms with Crippen molar-refractivity contribution in [2.24, 2.45) is 5.73 Å². The van der Waals surface area contributed by atoms with Gasteiger partial charge in [-0.1, -0.05) is 31.9 Å². The highest BCUT2D eigenvalue weighted by molar-refractivity contribution is 9.09. The lowest BCUT2D eigenvalue weighted by Gasteiger charge is -2.23. The van der Waals surface area contributed by atoms with Crippen LogP contribution in [-0.2, 0) is 0 Å². The van der Waals surface area contributed by atoms with Gasteiger partial charge in [0.25, 0.3) is 11.6 Å². The van der Waals surface area contributed by atoms with Crippen molar-refractivity contribution in [2.75, 3.05) is 28.6 Å². The first-order valence-electron chi connectivity index (χ1n) is 5.97. The van der Waals surface area contributed by atoms with Crippen LogP contribution < -0.4 is 10.6 Å². The van der Waals surface area contributed by atoms with Gasteiger partial charge >= 0.3 is 5.69 Å². The number of anilines is 1. The summed E-state index contributed by atoms with van der Waals surface area (Å²) in [6.07, 6.45) is 0. The fourth-order valence-electron chi connectivity index (χ4n) is 1.96. The van der Waals surface area contributed by atoms with Gasteiger partial charge in [-0.15, -0.1) is 0 Å². The number of hydrogen-bond donors (Lipinski definition) is 1. The number of alkyl halides is 2. The Hall–Kier alpha value is -1.75. The maximum absolute atomic E-state index is 11.5. The van der Waals surface area contributed by atoms with Crippen molar-refractivity contribution in [3.8, 4) is 0 Å². The first-order valence-corrected chi connectivity index (χ1v) is 8.21. The van der Waals surface area contributed by atoms with Crippen molar-refractivity contribution in [1.29, 1.82) is 0 Å². The molecule has 0 unspecified atom stereocenters. The van der Waals surface area contributed by atoms with Crippen molar-refractivity contribution in [1.82, 2.24) is 0 Å². The van der Waals surface area contributed by atoms with Gasteiger partial charge in [0, 0.05) is 29.8 Å². The molecule has 0 atom stereocenters. The number of carbonyl (C=O) groups excluding carboxylic acids is 1. The van der Waals surface area contributed by atoms with Gasteiger partial charge in [-0.3, -0.25) is 25.0 Å². The number of nitro groups is 2. The number of hydrogen-bond acceptors (Lipinski definition) is 6. The molecule has 0 aromatic heterocycles. The molecule has 0 aliphatic rings. The first kappa shape index (κ1) is 18.3. The van der Waals surface area contributed by atoms with Crippen LogP contribution >= 0.6 is 31.9 Å². The summed E-state index contributed by atoms with van der Waals surface area (Å²) in [6, 6.07) is 2.31. The molecule has 1 aromatic rings. The molecule has 0 bridgehead atoms. The first-order chi connectivity index (χ1) is 10.3. The van der Waals surface area contributed by atoms with Crippen molar-refractivity contribution in [3.05, 3.63) is 37.9 Å². The molecular weight excluding hydrogens is 428 g/mol. The van der Waals surface area contributed by atoms with Crippen LogP contribution in [0.5, 0.6) is 0 Å². The van der Waals surface area contributed by atoms with Gasteiger partial charge in [0.05, 0.1) is 9.85 Å². The molecule has 0 aliphatic heterocycles. The monoisotopic (exact) mass is 438 g/mol. The molecule has 11 heteroatoms. The van der Waals surface area contributed by atoms with Crippen molar-refractivity contribution >= 4 is 54.8 Å². The topological polar surface area (TPSA) is 133 Å². The molecule has 9 nitrogen and oxygen atoms in total. The van der Waals surface area contributed by atoms with Crippen LogP contribution in [0, 0.1) is 20.2 Å². The third-order valence-electron chi connectivity index (χ3n) is 2.81. The number of amides is 1. The zero-order valence-electron chi connectivity index (χ0n) is 11.2. The van der Waals surface area contributed by atoms with E-state index in [1.807, 2.05) is 0 Å². The van der Waals surface area contributed by atoms with Crippen molar-refractivity contribution in [3.63, 3.8) is 0 Å². The van der Waals surface area contributed by atoms with Crippen LogP contribution in [-0.4, -0.2) is 39.5 Å². The lowest BCUT2D eigenvalue weighted by atomic mass is 10.1. The van der Waals surface area contributed by atoms with E-state index in [-0.39, 0.29) is 5.69 Å². The zero-order chi connectivity index (χ0) is 16.9. The average Bonchev–Trinajstić information content (AvgIpc) is 2.45. The van der Waals surface area contributed by atoms with E-state index in [1.165, 1.54) is 6.07 Å². The Kier molecular flexibility index (Phi) is 6.68. The molecule has 120 valence electrons. The van der Waals surface area contributed by atoms with Crippen LogP contribution in [0.3, 0.4) is 0 Å². The van der Waals surface area contributed by atoms with E-state index in [1.54, 1.807) is 4.90 Å². The van der Waals surface area contributed by atoms with Gasteiger partial charge in [0.15, 0.2) is 5.56 Å². The molecule has 1 amide bonds. The molecule has 22 heavy (non-hydrogen) atoms. The number of nitrogens with two attached hydrogens (primary N) is 1. The Morgan fingerprint density at radius 2 is 1.68 bits per heavy atom. The predicted molar refractivity (Wildman–Crippen MR) is 88.1 cm³/mol. The normalized spacial score (nSPS) is 10.3. The Labute approximate surface area is 142 Å². The Morgan fingerprint density at radius 1 is 1.14 bits per heavy atom. The predicted octanol–water partition coefficient (Wildman–Crippen LogP) is 2.20. The Balaban J connectivity index is 3.65. The Morgan fingerprint density at radius 3 is 2.05 bits per heavy atom. The van der Waals surface area contributed by atoms with E-state index in [4.69, 9.17) is 5.73 Å². The van der Waals surface area contributed by atoms with Crippen molar-refractivity contribution in [2.45, 2.75) is 0 Å². The maximum Gasteiger partial charge on any atom is 0.312 e. The number of nitro benzene ring substituents is 2. The summed E-state index contributed by atoms with van der Waals surface area (Å²) in [7, 11) is 0. The average molecular weight is 440 g/mol. The molecule has 0 saturated heterocycles. The van der Waals surface area contributed by atoms with Gasteiger partial charge in [-0.25, -0.2) is 0 Å². The third-order valence-corrected chi connectivity index (χ3v) is 3.52. The van der Waals surface area contributed by atoms with E-state index in [2.05, 4.69) is 31.9 Å². The smallest absolute Gasteiger partial charge is 0.312 e. The summed E-state index contributed by atoms with van der Waals surface area (Å²) in [5, 5.41) is 23.4. The standard InChI is InChI=1S/C11H12Br2N4O5/c12-3-5-15(6-4-13)8-2-1-7(16(19)20)9(11(14)18)10(8)17(21)22/h1-2H,3-6H2,(H2,14,18). The van der Waals surface area contributed by atoms with Crippen LogP contribution in [0.15, 0.2) is 12.1 Å². The van der Waals surface area contributed by atoms with Gasteiger partial charge in [-0.05, 0) is 6.07 Å². The summed E-state index contributed by atoms with van der Waals surface area (Å²) >= 11 is 6.47. The van der Waals surface area contributed by atoms with Gasteiger partial charge in [0.1, 0.15) is 5.69 Å². The number of halogens is 2. The van der Waals surface area contributed by atoms with Crippen LogP contribution in [0.1, 0.15) is 10.4 Å². The second-order valence-electron chi connectivity index (χ2n) is 4.07. The summed E-state index contributed by atoms with van der Waals surface area (Å²) in [4.78, 5) is 33.8. The minimum Gasteiger partial charge on any atom is -0.365 e. The van der Waals surface area contributed by atoms with E-state index < -0.39 is 32.7 Å². The number of benzene rings is 1. The zero-order valence-corrected chi connectivity index (χ0v) is 14.4. The van der Waals surface area contributed by atoms with Crippen LogP contribution in [0.25, 0.3) is 0 Å². The van der Waals surface area contributed by atoms with Crippen LogP contribution in [0.2, 0.25) is 0 Å². The minimum absolute atomic E-state index is 0.114. The molecule has 0 fully saturated rings. The highest BCUT2D eigenvalue weighted by Crippen LogP contribution is 2.37. The second-order valence-corrected chi connectivity index (χ2v) is 5.66. The molecule has 2 N–H and O–H groups in total. The molecule has 0 spiro atoms.